The van der Waals surface area contributed by atoms with Crippen molar-refractivity contribution in [1.82, 2.24) is 9.80 Å². The van der Waals surface area contributed by atoms with Gasteiger partial charge in [0.1, 0.15) is 5.75 Å². The minimum atomic E-state index is 0.249. The summed E-state index contributed by atoms with van der Waals surface area (Å²) in [6, 6.07) is 14.9. The monoisotopic (exact) mass is 421 g/mol. The van der Waals surface area contributed by atoms with Gasteiger partial charge in [-0.15, -0.1) is 0 Å². The fourth-order valence-electron chi connectivity index (χ4n) is 5.02. The van der Waals surface area contributed by atoms with Gasteiger partial charge in [0, 0.05) is 33.2 Å². The van der Waals surface area contributed by atoms with Crippen LogP contribution in [-0.4, -0.2) is 62.6 Å². The van der Waals surface area contributed by atoms with E-state index in [1.165, 1.54) is 30.5 Å². The van der Waals surface area contributed by atoms with Crippen LogP contribution in [0.25, 0.3) is 0 Å². The first-order chi connectivity index (χ1) is 15.2. The van der Waals surface area contributed by atoms with Crippen LogP contribution in [0.2, 0.25) is 0 Å². The molecule has 2 aromatic rings. The van der Waals surface area contributed by atoms with Crippen molar-refractivity contribution in [3.8, 4) is 5.75 Å². The zero-order valence-corrected chi connectivity index (χ0v) is 18.9. The molecule has 1 atom stereocenters. The molecule has 2 heterocycles. The third-order valence-electron chi connectivity index (χ3n) is 6.78. The highest BCUT2D eigenvalue weighted by Crippen LogP contribution is 2.31. The molecule has 2 aliphatic rings. The predicted octanol–water partition coefficient (Wildman–Crippen LogP) is 3.62. The molecule has 0 aromatic heterocycles. The molecule has 4 rings (SSSR count). The number of hydrogen-bond acceptors (Lipinski definition) is 4. The number of anilines is 1. The van der Waals surface area contributed by atoms with Crippen LogP contribution in [0.3, 0.4) is 0 Å². The quantitative estimate of drug-likeness (QED) is 0.742. The number of carbonyl (C=O) groups is 1. The Balaban J connectivity index is 1.35. The number of nitrogens with zero attached hydrogens (tertiary/aromatic N) is 2. The molecule has 5 heteroatoms. The molecule has 166 valence electrons. The molecule has 1 amide bonds. The minimum absolute atomic E-state index is 0.249. The fraction of sp³-hybridized carbons (Fsp3) is 0.500. The van der Waals surface area contributed by atoms with E-state index in [1.54, 1.807) is 7.11 Å². The fourth-order valence-corrected chi connectivity index (χ4v) is 5.02. The number of rotatable bonds is 7. The summed E-state index contributed by atoms with van der Waals surface area (Å²) in [5.74, 6) is 1.63. The van der Waals surface area contributed by atoms with E-state index in [-0.39, 0.29) is 5.91 Å². The van der Waals surface area contributed by atoms with Crippen LogP contribution in [0, 0.1) is 5.92 Å². The maximum Gasteiger partial charge on any atom is 0.227 e. The van der Waals surface area contributed by atoms with Crippen molar-refractivity contribution in [1.29, 1.82) is 0 Å². The van der Waals surface area contributed by atoms with E-state index in [0.717, 1.165) is 56.0 Å². The number of ether oxygens (including phenoxy) is 1. The number of carbonyl (C=O) groups excluding carboxylic acids is 1. The molecule has 0 spiro atoms. The molecule has 31 heavy (non-hydrogen) atoms. The normalized spacial score (nSPS) is 19.6. The predicted molar refractivity (Wildman–Crippen MR) is 126 cm³/mol. The molecule has 1 fully saturated rings. The molecular formula is C26H35N3O2. The average molecular weight is 422 g/mol. The van der Waals surface area contributed by atoms with E-state index >= 15 is 0 Å². The minimum Gasteiger partial charge on any atom is -0.495 e. The molecule has 5 nitrogen and oxygen atoms in total. The lowest BCUT2D eigenvalue weighted by atomic mass is 9.96. The zero-order chi connectivity index (χ0) is 21.6. The molecule has 0 saturated carbocycles. The number of piperidine rings is 1. The van der Waals surface area contributed by atoms with Gasteiger partial charge in [0.2, 0.25) is 5.91 Å². The third kappa shape index (κ3) is 5.40. The first kappa shape index (κ1) is 21.7. The Morgan fingerprint density at radius 2 is 1.97 bits per heavy atom. The van der Waals surface area contributed by atoms with Crippen LogP contribution >= 0.6 is 0 Å². The van der Waals surface area contributed by atoms with Gasteiger partial charge >= 0.3 is 0 Å². The molecule has 1 unspecified atom stereocenters. The van der Waals surface area contributed by atoms with E-state index in [0.29, 0.717) is 12.3 Å². The number of fused-ring (bicyclic) bond motifs is 1. The number of amides is 1. The maximum absolute atomic E-state index is 13.1. The second-order valence-electron chi connectivity index (χ2n) is 8.88. The molecule has 0 aliphatic carbocycles. The number of nitrogens with one attached hydrogen (secondary N) is 1. The van der Waals surface area contributed by atoms with Crippen molar-refractivity contribution >= 4 is 11.6 Å². The van der Waals surface area contributed by atoms with Crippen LogP contribution in [0.5, 0.6) is 5.75 Å². The maximum atomic E-state index is 13.1. The highest BCUT2D eigenvalue weighted by atomic mass is 16.5. The van der Waals surface area contributed by atoms with E-state index in [2.05, 4.69) is 51.5 Å². The second kappa shape index (κ2) is 10.2. The Morgan fingerprint density at radius 1 is 1.13 bits per heavy atom. The Morgan fingerprint density at radius 3 is 2.74 bits per heavy atom. The van der Waals surface area contributed by atoms with Gasteiger partial charge in [0.25, 0.3) is 0 Å². The van der Waals surface area contributed by atoms with Gasteiger partial charge in [0.15, 0.2) is 0 Å². The second-order valence-corrected chi connectivity index (χ2v) is 8.88. The summed E-state index contributed by atoms with van der Waals surface area (Å²) in [6.07, 6.45) is 4.92. The van der Waals surface area contributed by atoms with Crippen molar-refractivity contribution in [2.75, 3.05) is 52.2 Å². The van der Waals surface area contributed by atoms with Crippen LogP contribution in [0.4, 0.5) is 5.69 Å². The van der Waals surface area contributed by atoms with Crippen molar-refractivity contribution in [3.63, 3.8) is 0 Å². The Bertz CT molecular complexity index is 884. The van der Waals surface area contributed by atoms with Gasteiger partial charge in [-0.2, -0.15) is 0 Å². The SMILES string of the molecule is CNc1cc2c(cc1OC)CC(=O)N(CC1CCCN(CCc3ccccc3)C1)CC2. The molecule has 1 saturated heterocycles. The van der Waals surface area contributed by atoms with Crippen molar-refractivity contribution < 1.29 is 9.53 Å². The van der Waals surface area contributed by atoms with Gasteiger partial charge in [-0.3, -0.25) is 4.79 Å². The lowest BCUT2D eigenvalue weighted by Gasteiger charge is -2.35. The lowest BCUT2D eigenvalue weighted by Crippen LogP contribution is -2.44. The van der Waals surface area contributed by atoms with Crippen LogP contribution in [-0.2, 0) is 24.1 Å². The Hall–Kier alpha value is -2.53. The summed E-state index contributed by atoms with van der Waals surface area (Å²) in [7, 11) is 3.59. The third-order valence-corrected chi connectivity index (χ3v) is 6.78. The Labute approximate surface area is 186 Å². The van der Waals surface area contributed by atoms with E-state index < -0.39 is 0 Å². The topological polar surface area (TPSA) is 44.8 Å². The first-order valence-corrected chi connectivity index (χ1v) is 11.6. The number of benzene rings is 2. The first-order valence-electron chi connectivity index (χ1n) is 11.6. The lowest BCUT2D eigenvalue weighted by molar-refractivity contribution is -0.131. The summed E-state index contributed by atoms with van der Waals surface area (Å²) < 4.78 is 5.50. The summed E-state index contributed by atoms with van der Waals surface area (Å²) in [5.41, 5.74) is 4.76. The van der Waals surface area contributed by atoms with Crippen molar-refractivity contribution in [2.24, 2.45) is 5.92 Å². The average Bonchev–Trinajstić information content (AvgIpc) is 2.95. The highest BCUT2D eigenvalue weighted by Gasteiger charge is 2.27. The summed E-state index contributed by atoms with van der Waals surface area (Å²) >= 11 is 0. The Kier molecular flexibility index (Phi) is 7.13. The number of likely N-dealkylation sites (tertiary alicyclic amines) is 1. The number of hydrogen-bond donors (Lipinski definition) is 1. The molecule has 1 N–H and O–H groups in total. The molecule has 0 radical (unpaired) electrons. The van der Waals surface area contributed by atoms with Crippen LogP contribution in [0.1, 0.15) is 29.5 Å². The van der Waals surface area contributed by atoms with Gasteiger partial charge in [-0.05, 0) is 67.0 Å². The standard InChI is InChI=1S/C26H35N3O2/c1-27-24-15-22-11-14-29(26(30)17-23(22)16-25(24)31-2)19-21-9-6-12-28(18-21)13-10-20-7-4-3-5-8-20/h3-5,7-8,15-16,21,27H,6,9-14,17-19H2,1-2H3. The highest BCUT2D eigenvalue weighted by molar-refractivity contribution is 5.80. The summed E-state index contributed by atoms with van der Waals surface area (Å²) in [6.45, 7) is 5.07. The van der Waals surface area contributed by atoms with E-state index in [4.69, 9.17) is 4.74 Å². The van der Waals surface area contributed by atoms with E-state index in [1.807, 2.05) is 13.1 Å². The molecule has 2 aliphatic heterocycles. The van der Waals surface area contributed by atoms with Gasteiger partial charge < -0.3 is 19.9 Å². The summed E-state index contributed by atoms with van der Waals surface area (Å²) in [4.78, 5) is 17.7. The molecular weight excluding hydrogens is 386 g/mol. The van der Waals surface area contributed by atoms with Crippen molar-refractivity contribution in [3.05, 3.63) is 59.2 Å². The van der Waals surface area contributed by atoms with Gasteiger partial charge in [0.05, 0.1) is 19.2 Å². The molecule has 0 bridgehead atoms. The van der Waals surface area contributed by atoms with E-state index in [9.17, 15) is 4.79 Å². The zero-order valence-electron chi connectivity index (χ0n) is 18.9. The smallest absolute Gasteiger partial charge is 0.227 e. The van der Waals surface area contributed by atoms with Crippen molar-refractivity contribution in [2.45, 2.75) is 32.1 Å². The van der Waals surface area contributed by atoms with Crippen LogP contribution < -0.4 is 10.1 Å². The molecule has 2 aromatic carbocycles. The van der Waals surface area contributed by atoms with Gasteiger partial charge in [-0.25, -0.2) is 0 Å². The summed E-state index contributed by atoms with van der Waals surface area (Å²) in [5, 5.41) is 3.20. The van der Waals surface area contributed by atoms with Gasteiger partial charge in [-0.1, -0.05) is 30.3 Å². The van der Waals surface area contributed by atoms with Crippen LogP contribution in [0.15, 0.2) is 42.5 Å². The number of methoxy groups -OCH3 is 1. The largest absolute Gasteiger partial charge is 0.495 e.